The largest absolute Gasteiger partial charge is 0.466 e. The van der Waals surface area contributed by atoms with Gasteiger partial charge in [-0.25, -0.2) is 9.67 Å². The van der Waals surface area contributed by atoms with E-state index in [4.69, 9.17) is 4.74 Å². The number of nitrogens with one attached hydrogen (secondary N) is 1. The van der Waals surface area contributed by atoms with E-state index in [1.807, 2.05) is 24.8 Å². The van der Waals surface area contributed by atoms with Gasteiger partial charge >= 0.3 is 0 Å². The predicted octanol–water partition coefficient (Wildman–Crippen LogP) is 2.84. The fraction of sp³-hybridized carbons (Fsp3) is 0.364. The molecule has 0 bridgehead atoms. The zero-order chi connectivity index (χ0) is 21.3. The standard InChI is InChI=1S/C22H25N5O3/c1-14-11-15(2)23-20-19(14)21(25-26(20)3)30-13-18(28)24-17-8-6-7-16(12-17)22(29)27-9-4-5-10-27/h6-8,11-12H,4-5,9-10,13H2,1-3H3,(H,24,28). The van der Waals surface area contributed by atoms with E-state index in [0.29, 0.717) is 17.1 Å². The molecule has 8 heteroatoms. The summed E-state index contributed by atoms with van der Waals surface area (Å²) in [6, 6.07) is 8.95. The van der Waals surface area contributed by atoms with Crippen molar-refractivity contribution in [2.75, 3.05) is 25.0 Å². The summed E-state index contributed by atoms with van der Waals surface area (Å²) in [7, 11) is 1.80. The Morgan fingerprint density at radius 3 is 2.70 bits per heavy atom. The van der Waals surface area contributed by atoms with E-state index in [9.17, 15) is 9.59 Å². The second-order valence-electron chi connectivity index (χ2n) is 7.62. The molecule has 1 N–H and O–H groups in total. The Balaban J connectivity index is 1.43. The zero-order valence-corrected chi connectivity index (χ0v) is 17.4. The molecular formula is C22H25N5O3. The van der Waals surface area contributed by atoms with Crippen LogP contribution in [0.1, 0.15) is 34.5 Å². The summed E-state index contributed by atoms with van der Waals surface area (Å²) >= 11 is 0. The van der Waals surface area contributed by atoms with Crippen molar-refractivity contribution >= 4 is 28.5 Å². The van der Waals surface area contributed by atoms with Gasteiger partial charge in [0.15, 0.2) is 12.3 Å². The van der Waals surface area contributed by atoms with E-state index in [1.165, 1.54) is 0 Å². The van der Waals surface area contributed by atoms with Crippen LogP contribution in [-0.2, 0) is 11.8 Å². The number of nitrogens with zero attached hydrogens (tertiary/aromatic N) is 4. The number of carbonyl (C=O) groups is 2. The molecule has 1 aromatic carbocycles. The highest BCUT2D eigenvalue weighted by atomic mass is 16.5. The molecule has 0 atom stereocenters. The van der Waals surface area contributed by atoms with Crippen LogP contribution in [-0.4, -0.2) is 51.2 Å². The van der Waals surface area contributed by atoms with E-state index < -0.39 is 0 Å². The summed E-state index contributed by atoms with van der Waals surface area (Å²) in [5.41, 5.74) is 3.75. The molecule has 0 saturated carbocycles. The van der Waals surface area contributed by atoms with Gasteiger partial charge in [0.05, 0.1) is 5.39 Å². The van der Waals surface area contributed by atoms with Gasteiger partial charge in [-0.2, -0.15) is 0 Å². The first-order valence-corrected chi connectivity index (χ1v) is 10.1. The zero-order valence-electron chi connectivity index (χ0n) is 17.4. The molecule has 1 fully saturated rings. The van der Waals surface area contributed by atoms with Gasteiger partial charge in [-0.05, 0) is 56.5 Å². The summed E-state index contributed by atoms with van der Waals surface area (Å²) in [5, 5.41) is 7.95. The molecule has 0 radical (unpaired) electrons. The summed E-state index contributed by atoms with van der Waals surface area (Å²) in [5.74, 6) is 0.0565. The molecule has 0 unspecified atom stereocenters. The Morgan fingerprint density at radius 1 is 1.17 bits per heavy atom. The number of pyridine rings is 1. The van der Waals surface area contributed by atoms with Crippen LogP contribution in [0.15, 0.2) is 30.3 Å². The third kappa shape index (κ3) is 3.98. The highest BCUT2D eigenvalue weighted by Crippen LogP contribution is 2.27. The molecule has 1 aliphatic rings. The van der Waals surface area contributed by atoms with Crippen molar-refractivity contribution in [3.8, 4) is 5.88 Å². The first kappa shape index (κ1) is 19.9. The van der Waals surface area contributed by atoms with Gasteiger partial charge in [-0.1, -0.05) is 6.07 Å². The number of rotatable bonds is 5. The first-order chi connectivity index (χ1) is 14.4. The Bertz CT molecular complexity index is 1120. The number of benzene rings is 1. The maximum absolute atomic E-state index is 12.6. The second-order valence-corrected chi connectivity index (χ2v) is 7.62. The lowest BCUT2D eigenvalue weighted by molar-refractivity contribution is -0.118. The van der Waals surface area contributed by atoms with Gasteiger partial charge in [0.1, 0.15) is 0 Å². The lowest BCUT2D eigenvalue weighted by Crippen LogP contribution is -2.27. The molecule has 8 nitrogen and oxygen atoms in total. The number of likely N-dealkylation sites (tertiary alicyclic amines) is 1. The van der Waals surface area contributed by atoms with Gasteiger partial charge in [-0.15, -0.1) is 5.10 Å². The van der Waals surface area contributed by atoms with Crippen molar-refractivity contribution in [1.29, 1.82) is 0 Å². The van der Waals surface area contributed by atoms with Crippen molar-refractivity contribution in [1.82, 2.24) is 19.7 Å². The summed E-state index contributed by atoms with van der Waals surface area (Å²) in [4.78, 5) is 31.3. The number of anilines is 1. The van der Waals surface area contributed by atoms with Crippen LogP contribution >= 0.6 is 0 Å². The topological polar surface area (TPSA) is 89.4 Å². The average Bonchev–Trinajstić information content (AvgIpc) is 3.35. The molecule has 3 aromatic rings. The van der Waals surface area contributed by atoms with E-state index in [0.717, 1.165) is 48.2 Å². The van der Waals surface area contributed by atoms with Crippen molar-refractivity contribution in [2.45, 2.75) is 26.7 Å². The SMILES string of the molecule is Cc1cc(C)c2c(OCC(=O)Nc3cccc(C(=O)N4CCCC4)c3)nn(C)c2n1. The van der Waals surface area contributed by atoms with Crippen LogP contribution in [0.3, 0.4) is 0 Å². The summed E-state index contributed by atoms with van der Waals surface area (Å²) in [6.07, 6.45) is 2.08. The molecule has 2 aromatic heterocycles. The Kier molecular flexibility index (Phi) is 5.39. The summed E-state index contributed by atoms with van der Waals surface area (Å²) in [6.45, 7) is 5.28. The van der Waals surface area contributed by atoms with Crippen LogP contribution < -0.4 is 10.1 Å². The number of hydrogen-bond donors (Lipinski definition) is 1. The third-order valence-electron chi connectivity index (χ3n) is 5.21. The highest BCUT2D eigenvalue weighted by Gasteiger charge is 2.20. The van der Waals surface area contributed by atoms with Crippen LogP contribution in [0.2, 0.25) is 0 Å². The molecule has 4 rings (SSSR count). The maximum Gasteiger partial charge on any atom is 0.262 e. The van der Waals surface area contributed by atoms with Crippen molar-refractivity contribution < 1.29 is 14.3 Å². The Hall–Kier alpha value is -3.42. The van der Waals surface area contributed by atoms with Crippen molar-refractivity contribution in [3.05, 3.63) is 47.2 Å². The molecule has 3 heterocycles. The minimum atomic E-state index is -0.322. The number of aromatic nitrogens is 3. The van der Waals surface area contributed by atoms with Crippen molar-refractivity contribution in [2.24, 2.45) is 7.05 Å². The summed E-state index contributed by atoms with van der Waals surface area (Å²) < 4.78 is 7.34. The average molecular weight is 407 g/mol. The highest BCUT2D eigenvalue weighted by molar-refractivity contribution is 5.97. The molecule has 1 saturated heterocycles. The molecule has 30 heavy (non-hydrogen) atoms. The monoisotopic (exact) mass is 407 g/mol. The minimum Gasteiger partial charge on any atom is -0.466 e. The van der Waals surface area contributed by atoms with Crippen LogP contribution in [0.4, 0.5) is 5.69 Å². The second kappa shape index (κ2) is 8.14. The van der Waals surface area contributed by atoms with Gasteiger partial charge in [0.2, 0.25) is 5.88 Å². The normalized spacial score (nSPS) is 13.6. The van der Waals surface area contributed by atoms with E-state index in [-0.39, 0.29) is 18.4 Å². The number of hydrogen-bond acceptors (Lipinski definition) is 5. The lowest BCUT2D eigenvalue weighted by Gasteiger charge is -2.15. The van der Waals surface area contributed by atoms with Gasteiger partial charge in [0.25, 0.3) is 11.8 Å². The van der Waals surface area contributed by atoms with Crippen LogP contribution in [0.5, 0.6) is 5.88 Å². The van der Waals surface area contributed by atoms with Crippen LogP contribution in [0.25, 0.3) is 11.0 Å². The molecular weight excluding hydrogens is 382 g/mol. The smallest absolute Gasteiger partial charge is 0.262 e. The number of carbonyl (C=O) groups excluding carboxylic acids is 2. The number of ether oxygens (including phenoxy) is 1. The van der Waals surface area contributed by atoms with Gasteiger partial charge in [-0.3, -0.25) is 9.59 Å². The first-order valence-electron chi connectivity index (χ1n) is 10.1. The van der Waals surface area contributed by atoms with Crippen LogP contribution in [0, 0.1) is 13.8 Å². The Morgan fingerprint density at radius 2 is 1.93 bits per heavy atom. The quantitative estimate of drug-likeness (QED) is 0.703. The third-order valence-corrected chi connectivity index (χ3v) is 5.21. The Labute approximate surface area is 174 Å². The molecule has 156 valence electrons. The molecule has 0 aliphatic carbocycles. The van der Waals surface area contributed by atoms with Crippen molar-refractivity contribution in [3.63, 3.8) is 0 Å². The fourth-order valence-corrected chi connectivity index (χ4v) is 3.81. The molecule has 1 aliphatic heterocycles. The minimum absolute atomic E-state index is 0.00178. The fourth-order valence-electron chi connectivity index (χ4n) is 3.81. The maximum atomic E-state index is 12.6. The predicted molar refractivity (Wildman–Crippen MR) is 114 cm³/mol. The van der Waals surface area contributed by atoms with Gasteiger partial charge in [0, 0.05) is 37.1 Å². The van der Waals surface area contributed by atoms with Gasteiger partial charge < -0.3 is 15.0 Å². The number of aryl methyl sites for hydroxylation is 3. The lowest BCUT2D eigenvalue weighted by atomic mass is 10.1. The van der Waals surface area contributed by atoms with E-state index in [2.05, 4.69) is 15.4 Å². The molecule has 0 spiro atoms. The number of fused-ring (bicyclic) bond motifs is 1. The molecule has 2 amide bonds. The number of amides is 2. The van der Waals surface area contributed by atoms with E-state index in [1.54, 1.807) is 36.0 Å². The van der Waals surface area contributed by atoms with E-state index >= 15 is 0 Å².